The van der Waals surface area contributed by atoms with Crippen LogP contribution < -0.4 is 0 Å². The van der Waals surface area contributed by atoms with Gasteiger partial charge in [-0.15, -0.1) is 0 Å². The minimum atomic E-state index is -0.470. The molecule has 23 heavy (non-hydrogen) atoms. The number of allylic oxidation sites excluding steroid dienone is 2. The normalized spacial score (nSPS) is 14.4. The van der Waals surface area contributed by atoms with Gasteiger partial charge in [0.1, 0.15) is 11.6 Å². The first-order valence-corrected chi connectivity index (χ1v) is 7.88. The summed E-state index contributed by atoms with van der Waals surface area (Å²) in [6.45, 7) is 5.39. The molecule has 3 rings (SSSR count). The summed E-state index contributed by atoms with van der Waals surface area (Å²) < 4.78 is 13.8. The minimum absolute atomic E-state index is 0.141. The number of benzene rings is 1. The number of aliphatic hydroxyl groups is 1. The standard InChI is InChI=1S/C19H17ClFNO/c1-11-17(9-14(20)10-22-11)16-5-3-4-15(16)13-6-7-19(21)18(8-13)12(2)23/h6-10,23H,2-5H2,1H3. The highest BCUT2D eigenvalue weighted by molar-refractivity contribution is 6.30. The topological polar surface area (TPSA) is 33.1 Å². The van der Waals surface area contributed by atoms with Crippen molar-refractivity contribution in [2.24, 2.45) is 0 Å². The van der Waals surface area contributed by atoms with Gasteiger partial charge in [-0.1, -0.05) is 24.2 Å². The molecule has 0 bridgehead atoms. The third-order valence-electron chi connectivity index (χ3n) is 4.22. The molecule has 0 saturated heterocycles. The SMILES string of the molecule is C=C(O)c1cc(C2=C(c3cc(Cl)cnc3C)CCC2)ccc1F. The third kappa shape index (κ3) is 3.02. The molecule has 1 aliphatic carbocycles. The second kappa shape index (κ2) is 6.17. The second-order valence-electron chi connectivity index (χ2n) is 5.74. The maximum atomic E-state index is 13.8. The number of hydrogen-bond donors (Lipinski definition) is 1. The smallest absolute Gasteiger partial charge is 0.134 e. The quantitative estimate of drug-likeness (QED) is 0.721. The van der Waals surface area contributed by atoms with E-state index in [0.717, 1.165) is 41.7 Å². The number of rotatable bonds is 3. The number of halogens is 2. The van der Waals surface area contributed by atoms with Gasteiger partial charge < -0.3 is 5.11 Å². The first-order chi connectivity index (χ1) is 11.0. The molecular weight excluding hydrogens is 313 g/mol. The van der Waals surface area contributed by atoms with Crippen molar-refractivity contribution >= 4 is 28.5 Å². The Kier molecular flexibility index (Phi) is 4.22. The first kappa shape index (κ1) is 15.8. The van der Waals surface area contributed by atoms with Crippen LogP contribution in [-0.4, -0.2) is 10.1 Å². The second-order valence-corrected chi connectivity index (χ2v) is 6.17. The van der Waals surface area contributed by atoms with E-state index in [1.165, 1.54) is 11.6 Å². The Morgan fingerprint density at radius 3 is 2.74 bits per heavy atom. The summed E-state index contributed by atoms with van der Waals surface area (Å²) >= 11 is 6.10. The molecule has 0 radical (unpaired) electrons. The fourth-order valence-corrected chi connectivity index (χ4v) is 3.26. The molecule has 1 aromatic heterocycles. The van der Waals surface area contributed by atoms with E-state index in [1.54, 1.807) is 18.3 Å². The lowest BCUT2D eigenvalue weighted by molar-refractivity contribution is 0.504. The summed E-state index contributed by atoms with van der Waals surface area (Å²) in [4.78, 5) is 4.33. The van der Waals surface area contributed by atoms with Crippen LogP contribution >= 0.6 is 11.6 Å². The summed E-state index contributed by atoms with van der Waals surface area (Å²) in [5, 5.41) is 10.2. The predicted octanol–water partition coefficient (Wildman–Crippen LogP) is 5.81. The van der Waals surface area contributed by atoms with Crippen LogP contribution in [0, 0.1) is 12.7 Å². The van der Waals surface area contributed by atoms with Gasteiger partial charge in [-0.25, -0.2) is 4.39 Å². The van der Waals surface area contributed by atoms with Gasteiger partial charge in [0.2, 0.25) is 0 Å². The monoisotopic (exact) mass is 329 g/mol. The van der Waals surface area contributed by atoms with E-state index < -0.39 is 5.82 Å². The number of pyridine rings is 1. The van der Waals surface area contributed by atoms with E-state index in [2.05, 4.69) is 11.6 Å². The van der Waals surface area contributed by atoms with Gasteiger partial charge in [0.15, 0.2) is 0 Å². The van der Waals surface area contributed by atoms with Gasteiger partial charge in [0, 0.05) is 17.5 Å². The molecule has 0 atom stereocenters. The molecule has 0 saturated carbocycles. The van der Waals surface area contributed by atoms with Crippen LogP contribution in [0.5, 0.6) is 0 Å². The van der Waals surface area contributed by atoms with Crippen molar-refractivity contribution < 1.29 is 9.50 Å². The maximum absolute atomic E-state index is 13.8. The average Bonchev–Trinajstić information content (AvgIpc) is 2.99. The van der Waals surface area contributed by atoms with Crippen molar-refractivity contribution in [3.05, 3.63) is 70.3 Å². The van der Waals surface area contributed by atoms with E-state index in [4.69, 9.17) is 11.6 Å². The predicted molar refractivity (Wildman–Crippen MR) is 92.7 cm³/mol. The van der Waals surface area contributed by atoms with Gasteiger partial charge in [-0.2, -0.15) is 0 Å². The summed E-state index contributed by atoms with van der Waals surface area (Å²) in [6, 6.07) is 6.71. The van der Waals surface area contributed by atoms with Crippen molar-refractivity contribution in [1.29, 1.82) is 0 Å². The zero-order valence-electron chi connectivity index (χ0n) is 12.9. The van der Waals surface area contributed by atoms with Crippen LogP contribution in [0.15, 0.2) is 37.0 Å². The zero-order valence-corrected chi connectivity index (χ0v) is 13.6. The Balaban J connectivity index is 2.15. The lowest BCUT2D eigenvalue weighted by Crippen LogP contribution is -1.95. The van der Waals surface area contributed by atoms with Gasteiger partial charge in [-0.3, -0.25) is 4.98 Å². The van der Waals surface area contributed by atoms with Crippen molar-refractivity contribution in [2.75, 3.05) is 0 Å². The third-order valence-corrected chi connectivity index (χ3v) is 4.43. The summed E-state index contributed by atoms with van der Waals surface area (Å²) in [5.74, 6) is -0.730. The van der Waals surface area contributed by atoms with E-state index in [-0.39, 0.29) is 11.3 Å². The van der Waals surface area contributed by atoms with Crippen LogP contribution in [0.1, 0.15) is 41.6 Å². The molecular formula is C19H17ClFNO. The van der Waals surface area contributed by atoms with E-state index in [1.807, 2.05) is 13.0 Å². The van der Waals surface area contributed by atoms with Crippen molar-refractivity contribution in [3.63, 3.8) is 0 Å². The molecule has 118 valence electrons. The Hall–Kier alpha value is -2.13. The minimum Gasteiger partial charge on any atom is -0.508 e. The summed E-state index contributed by atoms with van der Waals surface area (Å²) in [7, 11) is 0. The molecule has 1 aliphatic rings. The van der Waals surface area contributed by atoms with Gasteiger partial charge in [-0.05, 0) is 61.1 Å². The Labute approximate surface area is 140 Å². The lowest BCUT2D eigenvalue weighted by Gasteiger charge is -2.12. The summed E-state index contributed by atoms with van der Waals surface area (Å²) in [5.41, 5.74) is 5.36. The number of aromatic nitrogens is 1. The lowest BCUT2D eigenvalue weighted by atomic mass is 9.95. The zero-order chi connectivity index (χ0) is 16.6. The van der Waals surface area contributed by atoms with Crippen LogP contribution in [0.2, 0.25) is 5.02 Å². The molecule has 0 amide bonds. The Morgan fingerprint density at radius 1 is 1.26 bits per heavy atom. The molecule has 4 heteroatoms. The fourth-order valence-electron chi connectivity index (χ4n) is 3.11. The van der Waals surface area contributed by atoms with Gasteiger partial charge in [0.25, 0.3) is 0 Å². The first-order valence-electron chi connectivity index (χ1n) is 7.50. The molecule has 2 nitrogen and oxygen atoms in total. The van der Waals surface area contributed by atoms with E-state index in [9.17, 15) is 9.50 Å². The van der Waals surface area contributed by atoms with Gasteiger partial charge >= 0.3 is 0 Å². The van der Waals surface area contributed by atoms with Crippen molar-refractivity contribution in [3.8, 4) is 0 Å². The molecule has 0 fully saturated rings. The number of aryl methyl sites for hydroxylation is 1. The molecule has 1 N–H and O–H groups in total. The van der Waals surface area contributed by atoms with E-state index in [0.29, 0.717) is 5.02 Å². The van der Waals surface area contributed by atoms with Crippen molar-refractivity contribution in [1.82, 2.24) is 4.98 Å². The molecule has 0 unspecified atom stereocenters. The molecule has 1 aromatic carbocycles. The Bertz CT molecular complexity index is 826. The largest absolute Gasteiger partial charge is 0.508 e. The van der Waals surface area contributed by atoms with E-state index >= 15 is 0 Å². The highest BCUT2D eigenvalue weighted by Crippen LogP contribution is 2.41. The molecule has 0 spiro atoms. The molecule has 0 aliphatic heterocycles. The van der Waals surface area contributed by atoms with Crippen LogP contribution in [0.25, 0.3) is 16.9 Å². The fraction of sp³-hybridized carbons (Fsp3) is 0.211. The average molecular weight is 330 g/mol. The number of nitrogens with zero attached hydrogens (tertiary/aromatic N) is 1. The molecule has 2 aromatic rings. The number of hydrogen-bond acceptors (Lipinski definition) is 2. The van der Waals surface area contributed by atoms with Crippen LogP contribution in [0.4, 0.5) is 4.39 Å². The Morgan fingerprint density at radius 2 is 2.00 bits per heavy atom. The van der Waals surface area contributed by atoms with Crippen LogP contribution in [0.3, 0.4) is 0 Å². The van der Waals surface area contributed by atoms with Crippen molar-refractivity contribution in [2.45, 2.75) is 26.2 Å². The molecule has 1 heterocycles. The van der Waals surface area contributed by atoms with Crippen LogP contribution in [-0.2, 0) is 0 Å². The summed E-state index contributed by atoms with van der Waals surface area (Å²) in [6.07, 6.45) is 4.51. The maximum Gasteiger partial charge on any atom is 0.134 e. The highest BCUT2D eigenvalue weighted by atomic mass is 35.5. The number of aliphatic hydroxyl groups excluding tert-OH is 1. The van der Waals surface area contributed by atoms with Gasteiger partial charge in [0.05, 0.1) is 10.6 Å². The highest BCUT2D eigenvalue weighted by Gasteiger charge is 2.20.